The van der Waals surface area contributed by atoms with Crippen molar-refractivity contribution in [3.63, 3.8) is 0 Å². The lowest BCUT2D eigenvalue weighted by atomic mass is 10.1. The molecule has 0 spiro atoms. The lowest BCUT2D eigenvalue weighted by Crippen LogP contribution is -2.04. The van der Waals surface area contributed by atoms with E-state index in [2.05, 4.69) is 37.5 Å². The van der Waals surface area contributed by atoms with Gasteiger partial charge in [0.05, 0.1) is 22.9 Å². The van der Waals surface area contributed by atoms with Gasteiger partial charge in [-0.05, 0) is 48.9 Å². The van der Waals surface area contributed by atoms with E-state index in [1.165, 1.54) is 0 Å². The van der Waals surface area contributed by atoms with E-state index in [1.807, 2.05) is 37.3 Å². The third-order valence-corrected chi connectivity index (χ3v) is 5.60. The van der Waals surface area contributed by atoms with Crippen LogP contribution < -0.4 is 10.2 Å². The molecule has 0 fully saturated rings. The van der Waals surface area contributed by atoms with Gasteiger partial charge >= 0.3 is 0 Å². The maximum atomic E-state index is 9.55. The van der Waals surface area contributed by atoms with Crippen molar-refractivity contribution in [2.75, 3.05) is 12.5 Å². The van der Waals surface area contributed by atoms with Gasteiger partial charge in [0.2, 0.25) is 0 Å². The molecule has 0 aliphatic rings. The first-order chi connectivity index (χ1) is 15.4. The third kappa shape index (κ3) is 6.21. The Labute approximate surface area is 204 Å². The highest BCUT2D eigenvalue weighted by atomic mass is 79.9. The van der Waals surface area contributed by atoms with Crippen LogP contribution in [0.3, 0.4) is 0 Å². The van der Waals surface area contributed by atoms with Crippen LogP contribution in [0.5, 0.6) is 5.75 Å². The quantitative estimate of drug-likeness (QED) is 0.264. The number of nitrogens with one attached hydrogen (secondary N) is 1. The minimum Gasteiger partial charge on any atom is -0.488 e. The van der Waals surface area contributed by atoms with Gasteiger partial charge in [-0.2, -0.15) is 10.4 Å². The number of rotatable bonds is 8. The molecule has 0 amide bonds. The normalized spacial score (nSPS) is 10.9. The second kappa shape index (κ2) is 11.3. The van der Waals surface area contributed by atoms with E-state index in [0.29, 0.717) is 40.4 Å². The van der Waals surface area contributed by atoms with Crippen LogP contribution in [-0.4, -0.2) is 18.3 Å². The van der Waals surface area contributed by atoms with Crippen LogP contribution in [0.25, 0.3) is 0 Å². The Kier molecular flexibility index (Phi) is 8.48. The Bertz CT molecular complexity index is 1200. The molecule has 0 radical (unpaired) electrons. The minimum atomic E-state index is 0.309. The fraction of sp³-hybridized carbons (Fsp3) is 0.174. The van der Waals surface area contributed by atoms with E-state index >= 15 is 0 Å². The summed E-state index contributed by atoms with van der Waals surface area (Å²) < 4.78 is 12.0. The van der Waals surface area contributed by atoms with Crippen molar-refractivity contribution in [1.82, 2.24) is 4.98 Å². The fourth-order valence-electron chi connectivity index (χ4n) is 2.92. The van der Waals surface area contributed by atoms with E-state index in [-0.39, 0.29) is 0 Å². The predicted octanol–water partition coefficient (Wildman–Crippen LogP) is 6.50. The summed E-state index contributed by atoms with van der Waals surface area (Å²) in [5.74, 6) is 0.992. The average molecular weight is 534 g/mol. The lowest BCUT2D eigenvalue weighted by molar-refractivity contribution is 0.184. The Balaban J connectivity index is 1.80. The number of nitrogens with zero attached hydrogens (tertiary/aromatic N) is 3. The second-order valence-corrected chi connectivity index (χ2v) is 8.51. The minimum absolute atomic E-state index is 0.309. The largest absolute Gasteiger partial charge is 0.488 e. The molecule has 0 aliphatic carbocycles. The molecule has 0 saturated heterocycles. The molecule has 32 heavy (non-hydrogen) atoms. The highest BCUT2D eigenvalue weighted by Crippen LogP contribution is 2.26. The number of aryl methyl sites for hydroxylation is 1. The molecule has 0 aliphatic heterocycles. The molecule has 164 valence electrons. The van der Waals surface area contributed by atoms with E-state index < -0.39 is 0 Å². The number of nitriles is 1. The molecule has 1 N–H and O–H groups in total. The van der Waals surface area contributed by atoms with Gasteiger partial charge in [-0.1, -0.05) is 45.2 Å². The standard InChI is InChI=1S/C23H19BrCl2N4O2/c1-14-7-17(13-31-2)19(10-27)23(29-14)30-28-11-16-9-18(24)4-6-22(16)32-12-15-3-5-20(25)21(26)8-15/h3-9,11H,12-13H2,1-2H3,(H,29,30)/b28-11-. The van der Waals surface area contributed by atoms with Crippen LogP contribution in [0, 0.1) is 18.3 Å². The van der Waals surface area contributed by atoms with Gasteiger partial charge in [-0.3, -0.25) is 5.43 Å². The molecule has 0 bridgehead atoms. The molecule has 1 heterocycles. The number of ether oxygens (including phenoxy) is 2. The van der Waals surface area contributed by atoms with Gasteiger partial charge in [-0.15, -0.1) is 0 Å². The van der Waals surface area contributed by atoms with Crippen molar-refractivity contribution in [3.8, 4) is 11.8 Å². The topological polar surface area (TPSA) is 79.5 Å². The first-order valence-electron chi connectivity index (χ1n) is 9.46. The van der Waals surface area contributed by atoms with Crippen molar-refractivity contribution in [2.24, 2.45) is 5.10 Å². The molecular weight excluding hydrogens is 515 g/mol. The number of hydrazone groups is 1. The molecular formula is C23H19BrCl2N4O2. The zero-order valence-corrected chi connectivity index (χ0v) is 20.4. The van der Waals surface area contributed by atoms with Gasteiger partial charge in [0.1, 0.15) is 24.0 Å². The number of methoxy groups -OCH3 is 1. The number of pyridine rings is 1. The number of aromatic nitrogens is 1. The number of hydrogen-bond acceptors (Lipinski definition) is 6. The number of halogens is 3. The Morgan fingerprint density at radius 2 is 1.97 bits per heavy atom. The molecule has 3 aromatic rings. The smallest absolute Gasteiger partial charge is 0.164 e. The summed E-state index contributed by atoms with van der Waals surface area (Å²) in [4.78, 5) is 4.38. The molecule has 0 saturated carbocycles. The summed E-state index contributed by atoms with van der Waals surface area (Å²) in [5, 5.41) is 14.8. The summed E-state index contributed by atoms with van der Waals surface area (Å²) in [5.41, 5.74) is 6.37. The van der Waals surface area contributed by atoms with Crippen molar-refractivity contribution >= 4 is 51.2 Å². The first-order valence-corrected chi connectivity index (χ1v) is 11.0. The summed E-state index contributed by atoms with van der Waals surface area (Å²) >= 11 is 15.5. The maximum Gasteiger partial charge on any atom is 0.164 e. The lowest BCUT2D eigenvalue weighted by Gasteiger charge is -2.11. The van der Waals surface area contributed by atoms with Crippen molar-refractivity contribution < 1.29 is 9.47 Å². The monoisotopic (exact) mass is 532 g/mol. The van der Waals surface area contributed by atoms with E-state index in [1.54, 1.807) is 25.5 Å². The van der Waals surface area contributed by atoms with Crippen LogP contribution in [0.15, 0.2) is 52.0 Å². The average Bonchev–Trinajstić information content (AvgIpc) is 2.75. The zero-order chi connectivity index (χ0) is 23.1. The molecule has 6 nitrogen and oxygen atoms in total. The van der Waals surface area contributed by atoms with E-state index in [9.17, 15) is 5.26 Å². The van der Waals surface area contributed by atoms with Crippen molar-refractivity contribution in [2.45, 2.75) is 20.1 Å². The summed E-state index contributed by atoms with van der Waals surface area (Å²) in [6.07, 6.45) is 1.61. The van der Waals surface area contributed by atoms with Crippen molar-refractivity contribution in [1.29, 1.82) is 5.26 Å². The van der Waals surface area contributed by atoms with Gasteiger partial charge in [0.25, 0.3) is 0 Å². The first kappa shape index (κ1) is 24.0. The Hall–Kier alpha value is -2.63. The number of anilines is 1. The van der Waals surface area contributed by atoms with E-state index in [0.717, 1.165) is 26.9 Å². The summed E-state index contributed by atoms with van der Waals surface area (Å²) in [6, 6.07) is 14.9. The second-order valence-electron chi connectivity index (χ2n) is 6.78. The van der Waals surface area contributed by atoms with Gasteiger partial charge in [0, 0.05) is 28.4 Å². The SMILES string of the molecule is COCc1cc(C)nc(N/N=C\c2cc(Br)ccc2OCc2ccc(Cl)c(Cl)c2)c1C#N. The molecule has 9 heteroatoms. The van der Waals surface area contributed by atoms with Gasteiger partial charge in [0.15, 0.2) is 5.82 Å². The maximum absolute atomic E-state index is 9.55. The van der Waals surface area contributed by atoms with Crippen LogP contribution in [0.2, 0.25) is 10.0 Å². The van der Waals surface area contributed by atoms with Crippen molar-refractivity contribution in [3.05, 3.63) is 84.9 Å². The van der Waals surface area contributed by atoms with Crippen LogP contribution >= 0.6 is 39.1 Å². The molecule has 3 rings (SSSR count). The molecule has 0 atom stereocenters. The number of benzene rings is 2. The molecule has 0 unspecified atom stereocenters. The Morgan fingerprint density at radius 3 is 2.69 bits per heavy atom. The van der Waals surface area contributed by atoms with E-state index in [4.69, 9.17) is 32.7 Å². The molecule has 2 aromatic carbocycles. The Morgan fingerprint density at radius 1 is 1.16 bits per heavy atom. The summed E-state index contributed by atoms with van der Waals surface area (Å²) in [7, 11) is 1.58. The van der Waals surface area contributed by atoms with Crippen LogP contribution in [-0.2, 0) is 18.0 Å². The van der Waals surface area contributed by atoms with Gasteiger partial charge in [-0.25, -0.2) is 4.98 Å². The summed E-state index contributed by atoms with van der Waals surface area (Å²) in [6.45, 7) is 2.46. The fourth-order valence-corrected chi connectivity index (χ4v) is 3.62. The third-order valence-electron chi connectivity index (χ3n) is 4.37. The van der Waals surface area contributed by atoms with Crippen LogP contribution in [0.1, 0.15) is 27.9 Å². The molecule has 1 aromatic heterocycles. The van der Waals surface area contributed by atoms with Gasteiger partial charge < -0.3 is 9.47 Å². The highest BCUT2D eigenvalue weighted by Gasteiger charge is 2.11. The number of hydrogen-bond donors (Lipinski definition) is 1. The predicted molar refractivity (Wildman–Crippen MR) is 131 cm³/mol. The highest BCUT2D eigenvalue weighted by molar-refractivity contribution is 9.10. The zero-order valence-electron chi connectivity index (χ0n) is 17.3. The van der Waals surface area contributed by atoms with Crippen LogP contribution in [0.4, 0.5) is 5.82 Å².